The van der Waals surface area contributed by atoms with E-state index in [0.29, 0.717) is 5.92 Å². The first-order valence-corrected chi connectivity index (χ1v) is 8.84. The predicted molar refractivity (Wildman–Crippen MR) is 84.1 cm³/mol. The van der Waals surface area contributed by atoms with Crippen LogP contribution in [-0.2, 0) is 23.8 Å². The molecule has 5 nitrogen and oxygen atoms in total. The highest BCUT2D eigenvalue weighted by molar-refractivity contribution is 7.86. The van der Waals surface area contributed by atoms with Crippen LogP contribution < -0.4 is 0 Å². The third kappa shape index (κ3) is 5.42. The van der Waals surface area contributed by atoms with Gasteiger partial charge in [0, 0.05) is 0 Å². The van der Waals surface area contributed by atoms with Crippen molar-refractivity contribution < 1.29 is 22.1 Å². The smallest absolute Gasteiger partial charge is 0.308 e. The first-order valence-electron chi connectivity index (χ1n) is 7.44. The minimum atomic E-state index is -3.82. The van der Waals surface area contributed by atoms with Gasteiger partial charge in [-0.25, -0.2) is 0 Å². The van der Waals surface area contributed by atoms with Crippen LogP contribution in [0.4, 0.5) is 0 Å². The molecule has 0 radical (unpaired) electrons. The van der Waals surface area contributed by atoms with Crippen molar-refractivity contribution >= 4 is 16.1 Å². The topological polar surface area (TPSA) is 69.7 Å². The SMILES string of the molecule is CCC(C)c1ccc(S(=O)(=O)OCCOC(=O)C(C)C)cc1. The summed E-state index contributed by atoms with van der Waals surface area (Å²) < 4.78 is 33.7. The van der Waals surface area contributed by atoms with E-state index in [4.69, 9.17) is 8.92 Å². The average Bonchev–Trinajstić information content (AvgIpc) is 2.50. The molecule has 0 fully saturated rings. The Kier molecular flexibility index (Phi) is 7.03. The minimum absolute atomic E-state index is 0.0821. The van der Waals surface area contributed by atoms with Gasteiger partial charge in [-0.2, -0.15) is 8.42 Å². The van der Waals surface area contributed by atoms with Crippen molar-refractivity contribution in [3.63, 3.8) is 0 Å². The van der Waals surface area contributed by atoms with Gasteiger partial charge in [0.15, 0.2) is 0 Å². The summed E-state index contributed by atoms with van der Waals surface area (Å²) in [5.41, 5.74) is 1.09. The number of esters is 1. The zero-order valence-corrected chi connectivity index (χ0v) is 14.4. The molecule has 0 saturated carbocycles. The molecule has 0 bridgehead atoms. The monoisotopic (exact) mass is 328 g/mol. The summed E-state index contributed by atoms with van der Waals surface area (Å²) in [6.45, 7) is 7.31. The molecule has 0 aliphatic rings. The van der Waals surface area contributed by atoms with Crippen LogP contribution in [0.3, 0.4) is 0 Å². The normalized spacial score (nSPS) is 13.1. The average molecular weight is 328 g/mol. The van der Waals surface area contributed by atoms with E-state index in [9.17, 15) is 13.2 Å². The minimum Gasteiger partial charge on any atom is -0.463 e. The third-order valence-electron chi connectivity index (χ3n) is 3.39. The Balaban J connectivity index is 2.57. The number of carbonyl (C=O) groups is 1. The molecule has 124 valence electrons. The van der Waals surface area contributed by atoms with Gasteiger partial charge in [0.25, 0.3) is 10.1 Å². The second-order valence-electron chi connectivity index (χ2n) is 5.48. The van der Waals surface area contributed by atoms with Crippen molar-refractivity contribution in [3.05, 3.63) is 29.8 Å². The van der Waals surface area contributed by atoms with Crippen LogP contribution in [0.25, 0.3) is 0 Å². The number of benzene rings is 1. The van der Waals surface area contributed by atoms with E-state index in [-0.39, 0.29) is 30.0 Å². The lowest BCUT2D eigenvalue weighted by Gasteiger charge is -2.11. The maximum absolute atomic E-state index is 12.0. The van der Waals surface area contributed by atoms with Crippen molar-refractivity contribution in [2.45, 2.75) is 44.9 Å². The van der Waals surface area contributed by atoms with Gasteiger partial charge in [-0.15, -0.1) is 0 Å². The van der Waals surface area contributed by atoms with Crippen molar-refractivity contribution in [1.82, 2.24) is 0 Å². The van der Waals surface area contributed by atoms with Crippen molar-refractivity contribution in [2.75, 3.05) is 13.2 Å². The highest BCUT2D eigenvalue weighted by Gasteiger charge is 2.16. The number of ether oxygens (including phenoxy) is 1. The summed E-state index contributed by atoms with van der Waals surface area (Å²) in [5.74, 6) is -0.239. The lowest BCUT2D eigenvalue weighted by Crippen LogP contribution is -2.17. The van der Waals surface area contributed by atoms with Crippen molar-refractivity contribution in [1.29, 1.82) is 0 Å². The van der Waals surface area contributed by atoms with Crippen LogP contribution in [0, 0.1) is 5.92 Å². The van der Waals surface area contributed by atoms with E-state index in [1.807, 2.05) is 0 Å². The Morgan fingerprint density at radius 3 is 2.18 bits per heavy atom. The molecule has 0 amide bonds. The molecule has 0 aliphatic heterocycles. The molecule has 1 rings (SSSR count). The molecule has 0 aromatic heterocycles. The molecule has 0 saturated heterocycles. The zero-order chi connectivity index (χ0) is 16.8. The molecule has 1 unspecified atom stereocenters. The molecule has 1 aromatic rings. The Hall–Kier alpha value is -1.40. The quantitative estimate of drug-likeness (QED) is 0.417. The highest BCUT2D eigenvalue weighted by Crippen LogP contribution is 2.21. The molecular formula is C16H24O5S. The van der Waals surface area contributed by atoms with Gasteiger partial charge in [0.1, 0.15) is 13.2 Å². The van der Waals surface area contributed by atoms with E-state index < -0.39 is 10.1 Å². The third-order valence-corrected chi connectivity index (χ3v) is 4.71. The van der Waals surface area contributed by atoms with Gasteiger partial charge in [-0.1, -0.05) is 39.8 Å². The van der Waals surface area contributed by atoms with Gasteiger partial charge in [0.2, 0.25) is 0 Å². The fraction of sp³-hybridized carbons (Fsp3) is 0.562. The summed E-state index contributed by atoms with van der Waals surface area (Å²) in [4.78, 5) is 11.3. The van der Waals surface area contributed by atoms with Crippen LogP contribution in [0.15, 0.2) is 29.2 Å². The Labute approximate surface area is 132 Å². The summed E-state index contributed by atoms with van der Waals surface area (Å²) in [6, 6.07) is 6.67. The number of rotatable bonds is 8. The summed E-state index contributed by atoms with van der Waals surface area (Å²) >= 11 is 0. The lowest BCUT2D eigenvalue weighted by molar-refractivity contribution is -0.148. The van der Waals surface area contributed by atoms with Gasteiger partial charge in [-0.3, -0.25) is 8.98 Å². The molecule has 1 aromatic carbocycles. The first-order chi connectivity index (χ1) is 10.3. The van der Waals surface area contributed by atoms with Crippen LogP contribution >= 0.6 is 0 Å². The van der Waals surface area contributed by atoms with Crippen molar-refractivity contribution in [2.24, 2.45) is 5.92 Å². The fourth-order valence-electron chi connectivity index (χ4n) is 1.72. The highest BCUT2D eigenvalue weighted by atomic mass is 32.2. The zero-order valence-electron chi connectivity index (χ0n) is 13.5. The second kappa shape index (κ2) is 8.29. The van der Waals surface area contributed by atoms with E-state index >= 15 is 0 Å². The van der Waals surface area contributed by atoms with Gasteiger partial charge >= 0.3 is 5.97 Å². The standard InChI is InChI=1S/C16H24O5S/c1-5-13(4)14-6-8-15(9-7-14)22(18,19)21-11-10-20-16(17)12(2)3/h6-9,12-13H,5,10-11H2,1-4H3. The molecule has 1 atom stereocenters. The van der Waals surface area contributed by atoms with Crippen LogP contribution in [0.2, 0.25) is 0 Å². The van der Waals surface area contributed by atoms with Gasteiger partial charge < -0.3 is 4.74 Å². The van der Waals surface area contributed by atoms with E-state index in [2.05, 4.69) is 13.8 Å². The molecule has 6 heteroatoms. The number of hydrogen-bond donors (Lipinski definition) is 0. The Morgan fingerprint density at radius 1 is 1.09 bits per heavy atom. The maximum atomic E-state index is 12.0. The van der Waals surface area contributed by atoms with Gasteiger partial charge in [0.05, 0.1) is 10.8 Å². The predicted octanol–water partition coefficient (Wildman–Crippen LogP) is 3.10. The van der Waals surface area contributed by atoms with E-state index in [1.54, 1.807) is 26.0 Å². The lowest BCUT2D eigenvalue weighted by atomic mass is 9.99. The molecule has 22 heavy (non-hydrogen) atoms. The van der Waals surface area contributed by atoms with E-state index in [1.165, 1.54) is 12.1 Å². The molecule has 0 heterocycles. The van der Waals surface area contributed by atoms with Crippen LogP contribution in [-0.4, -0.2) is 27.6 Å². The van der Waals surface area contributed by atoms with Crippen molar-refractivity contribution in [3.8, 4) is 0 Å². The second-order valence-corrected chi connectivity index (χ2v) is 7.09. The molecular weight excluding hydrogens is 304 g/mol. The summed E-state index contributed by atoms with van der Waals surface area (Å²) in [7, 11) is -3.82. The fourth-order valence-corrected chi connectivity index (χ4v) is 2.61. The Morgan fingerprint density at radius 2 is 1.68 bits per heavy atom. The van der Waals surface area contributed by atoms with Crippen LogP contribution in [0.5, 0.6) is 0 Å². The van der Waals surface area contributed by atoms with E-state index in [0.717, 1.165) is 12.0 Å². The number of carbonyl (C=O) groups excluding carboxylic acids is 1. The maximum Gasteiger partial charge on any atom is 0.308 e. The number of hydrogen-bond acceptors (Lipinski definition) is 5. The first kappa shape index (κ1) is 18.6. The largest absolute Gasteiger partial charge is 0.463 e. The molecule has 0 N–H and O–H groups in total. The summed E-state index contributed by atoms with van der Waals surface area (Å²) in [6.07, 6.45) is 0.990. The van der Waals surface area contributed by atoms with Gasteiger partial charge in [-0.05, 0) is 30.0 Å². The molecule has 0 aliphatic carbocycles. The Bertz CT molecular complexity index is 575. The molecule has 0 spiro atoms. The van der Waals surface area contributed by atoms with Crippen LogP contribution in [0.1, 0.15) is 45.6 Å². The summed E-state index contributed by atoms with van der Waals surface area (Å²) in [5, 5.41) is 0.